The number of nitrogens with one attached hydrogen (secondary N) is 2. The van der Waals surface area contributed by atoms with Crippen LogP contribution in [0.3, 0.4) is 0 Å². The van der Waals surface area contributed by atoms with Crippen LogP contribution in [0.25, 0.3) is 16.4 Å². The lowest BCUT2D eigenvalue weighted by Crippen LogP contribution is -2.34. The van der Waals surface area contributed by atoms with Gasteiger partial charge in [-0.05, 0) is 54.8 Å². The van der Waals surface area contributed by atoms with Gasteiger partial charge in [-0.1, -0.05) is 12.1 Å². The lowest BCUT2D eigenvalue weighted by molar-refractivity contribution is -0.122. The summed E-state index contributed by atoms with van der Waals surface area (Å²) in [7, 11) is 0. The molecule has 1 aliphatic heterocycles. The fourth-order valence-electron chi connectivity index (χ4n) is 3.23. The first-order chi connectivity index (χ1) is 15.5. The van der Waals surface area contributed by atoms with Crippen LogP contribution in [0.2, 0.25) is 0 Å². The van der Waals surface area contributed by atoms with Crippen LogP contribution in [0.15, 0.2) is 60.0 Å². The molecule has 0 saturated carbocycles. The Hall–Kier alpha value is -4.05. The molecule has 0 aliphatic carbocycles. The zero-order valence-corrected chi connectivity index (χ0v) is 17.5. The molecule has 2 amide bonds. The van der Waals surface area contributed by atoms with Gasteiger partial charge in [0.1, 0.15) is 11.6 Å². The molecule has 1 atom stereocenters. The fourth-order valence-corrected chi connectivity index (χ4v) is 3.93. The number of hydrogen-bond donors (Lipinski definition) is 2. The zero-order chi connectivity index (χ0) is 22.2. The van der Waals surface area contributed by atoms with E-state index in [0.29, 0.717) is 28.6 Å². The standard InChI is InChI=1S/C22H16FN5O3S/c1-12-21(29)25-16-11-14(7-8-17(16)31-12)24-22(30)19-26-20(18-6-3-9-32-18)28(27-19)15-5-2-4-13(23)10-15/h2-12H,1H3,(H,24,30)(H,25,29). The maximum Gasteiger partial charge on any atom is 0.295 e. The third-order valence-electron chi connectivity index (χ3n) is 4.77. The first-order valence-electron chi connectivity index (χ1n) is 9.68. The Kier molecular flexibility index (Phi) is 4.91. The van der Waals surface area contributed by atoms with Crippen LogP contribution in [0.4, 0.5) is 15.8 Å². The first kappa shape index (κ1) is 19.9. The summed E-state index contributed by atoms with van der Waals surface area (Å²) in [6.45, 7) is 1.65. The highest BCUT2D eigenvalue weighted by atomic mass is 32.1. The molecular formula is C22H16FN5O3S. The van der Waals surface area contributed by atoms with Gasteiger partial charge in [0.15, 0.2) is 11.9 Å². The number of carbonyl (C=O) groups is 2. The highest BCUT2D eigenvalue weighted by molar-refractivity contribution is 7.13. The number of carbonyl (C=O) groups excluding carboxylic acids is 2. The van der Waals surface area contributed by atoms with E-state index in [2.05, 4.69) is 20.7 Å². The number of thiophene rings is 1. The van der Waals surface area contributed by atoms with Gasteiger partial charge in [-0.2, -0.15) is 0 Å². The minimum absolute atomic E-state index is 0.0794. The number of ether oxygens (including phenoxy) is 1. The van der Waals surface area contributed by atoms with Gasteiger partial charge in [0.2, 0.25) is 5.82 Å². The van der Waals surface area contributed by atoms with Crippen molar-refractivity contribution < 1.29 is 18.7 Å². The summed E-state index contributed by atoms with van der Waals surface area (Å²) in [5, 5.41) is 11.7. The van der Waals surface area contributed by atoms with Gasteiger partial charge in [0, 0.05) is 5.69 Å². The van der Waals surface area contributed by atoms with Crippen molar-refractivity contribution in [3.63, 3.8) is 0 Å². The van der Waals surface area contributed by atoms with E-state index < -0.39 is 17.8 Å². The van der Waals surface area contributed by atoms with Gasteiger partial charge in [0.05, 0.1) is 16.3 Å². The SMILES string of the molecule is CC1Oc2ccc(NC(=O)c3nc(-c4cccs4)n(-c4cccc(F)c4)n3)cc2NC1=O. The number of halogens is 1. The molecule has 0 spiro atoms. The molecule has 1 aliphatic rings. The molecule has 0 saturated heterocycles. The van der Waals surface area contributed by atoms with Gasteiger partial charge in [-0.3, -0.25) is 9.59 Å². The maximum absolute atomic E-state index is 13.8. The largest absolute Gasteiger partial charge is 0.479 e. The molecule has 2 aromatic carbocycles. The fraction of sp³-hybridized carbons (Fsp3) is 0.0909. The van der Waals surface area contributed by atoms with E-state index in [4.69, 9.17) is 4.74 Å². The summed E-state index contributed by atoms with van der Waals surface area (Å²) in [5.41, 5.74) is 1.35. The second-order valence-corrected chi connectivity index (χ2v) is 7.99. The van der Waals surface area contributed by atoms with Crippen molar-refractivity contribution in [1.29, 1.82) is 0 Å². The normalized spacial score (nSPS) is 14.9. The number of fused-ring (bicyclic) bond motifs is 1. The number of nitrogens with zero attached hydrogens (tertiary/aromatic N) is 3. The molecule has 3 heterocycles. The highest BCUT2D eigenvalue weighted by Gasteiger charge is 2.24. The lowest BCUT2D eigenvalue weighted by atomic mass is 10.2. The molecular weight excluding hydrogens is 433 g/mol. The third kappa shape index (κ3) is 3.71. The molecule has 8 nitrogen and oxygen atoms in total. The molecule has 0 radical (unpaired) electrons. The van der Waals surface area contributed by atoms with Crippen LogP contribution in [0, 0.1) is 5.82 Å². The summed E-state index contributed by atoms with van der Waals surface area (Å²) >= 11 is 1.43. The second kappa shape index (κ2) is 7.89. The molecule has 1 unspecified atom stereocenters. The van der Waals surface area contributed by atoms with Crippen molar-refractivity contribution in [3.8, 4) is 22.1 Å². The van der Waals surface area contributed by atoms with Crippen molar-refractivity contribution >= 4 is 34.5 Å². The molecule has 5 rings (SSSR count). The van der Waals surface area contributed by atoms with Crippen LogP contribution in [0.5, 0.6) is 5.75 Å². The molecule has 0 fully saturated rings. The molecule has 4 aromatic rings. The predicted octanol–water partition coefficient (Wildman–Crippen LogP) is 4.11. The molecule has 10 heteroatoms. The van der Waals surface area contributed by atoms with Gasteiger partial charge in [0.25, 0.3) is 11.8 Å². The number of amides is 2. The molecule has 2 aromatic heterocycles. The number of benzene rings is 2. The number of rotatable bonds is 4. The van der Waals surface area contributed by atoms with Gasteiger partial charge >= 0.3 is 0 Å². The van der Waals surface area contributed by atoms with Gasteiger partial charge < -0.3 is 15.4 Å². The highest BCUT2D eigenvalue weighted by Crippen LogP contribution is 2.32. The summed E-state index contributed by atoms with van der Waals surface area (Å²) in [5.74, 6) is -0.371. The first-order valence-corrected chi connectivity index (χ1v) is 10.6. The summed E-state index contributed by atoms with van der Waals surface area (Å²) in [6.07, 6.45) is -0.588. The second-order valence-electron chi connectivity index (χ2n) is 7.04. The lowest BCUT2D eigenvalue weighted by Gasteiger charge is -2.23. The summed E-state index contributed by atoms with van der Waals surface area (Å²) < 4.78 is 20.8. The smallest absolute Gasteiger partial charge is 0.295 e. The van der Waals surface area contributed by atoms with Crippen molar-refractivity contribution in [2.45, 2.75) is 13.0 Å². The molecule has 0 bridgehead atoms. The number of aromatic nitrogens is 3. The predicted molar refractivity (Wildman–Crippen MR) is 118 cm³/mol. The minimum Gasteiger partial charge on any atom is -0.479 e. The Balaban J connectivity index is 1.46. The van der Waals surface area contributed by atoms with E-state index >= 15 is 0 Å². The van der Waals surface area contributed by atoms with E-state index in [-0.39, 0.29) is 11.7 Å². The zero-order valence-electron chi connectivity index (χ0n) is 16.7. The maximum atomic E-state index is 13.8. The Bertz CT molecular complexity index is 1340. The molecule has 160 valence electrons. The van der Waals surface area contributed by atoms with E-state index in [1.165, 1.54) is 28.2 Å². The third-order valence-corrected chi connectivity index (χ3v) is 5.64. The van der Waals surface area contributed by atoms with Crippen LogP contribution >= 0.6 is 11.3 Å². The van der Waals surface area contributed by atoms with Crippen LogP contribution in [0.1, 0.15) is 17.5 Å². The average molecular weight is 449 g/mol. The van der Waals surface area contributed by atoms with Crippen LogP contribution in [-0.2, 0) is 4.79 Å². The number of hydrogen-bond acceptors (Lipinski definition) is 6. The average Bonchev–Trinajstić information content (AvgIpc) is 3.45. The van der Waals surface area contributed by atoms with E-state index in [0.717, 1.165) is 4.88 Å². The summed E-state index contributed by atoms with van der Waals surface area (Å²) in [6, 6.07) is 14.5. The van der Waals surface area contributed by atoms with Crippen LogP contribution < -0.4 is 15.4 Å². The van der Waals surface area contributed by atoms with Gasteiger partial charge in [-0.25, -0.2) is 14.1 Å². The summed E-state index contributed by atoms with van der Waals surface area (Å²) in [4.78, 5) is 29.9. The van der Waals surface area contributed by atoms with E-state index in [9.17, 15) is 14.0 Å². The number of anilines is 2. The molecule has 2 N–H and O–H groups in total. The van der Waals surface area contributed by atoms with Crippen molar-refractivity contribution in [1.82, 2.24) is 14.8 Å². The van der Waals surface area contributed by atoms with E-state index in [1.54, 1.807) is 37.3 Å². The van der Waals surface area contributed by atoms with Crippen molar-refractivity contribution in [2.75, 3.05) is 10.6 Å². The quantitative estimate of drug-likeness (QED) is 0.489. The Labute approximate surface area is 185 Å². The van der Waals surface area contributed by atoms with Crippen molar-refractivity contribution in [3.05, 3.63) is 71.6 Å². The van der Waals surface area contributed by atoms with Crippen LogP contribution in [-0.4, -0.2) is 32.7 Å². The van der Waals surface area contributed by atoms with Crippen molar-refractivity contribution in [2.24, 2.45) is 0 Å². The Morgan fingerprint density at radius 3 is 2.88 bits per heavy atom. The van der Waals surface area contributed by atoms with Gasteiger partial charge in [-0.15, -0.1) is 16.4 Å². The monoisotopic (exact) mass is 449 g/mol. The molecule has 32 heavy (non-hydrogen) atoms. The minimum atomic E-state index is -0.588. The Morgan fingerprint density at radius 1 is 1.22 bits per heavy atom. The topological polar surface area (TPSA) is 98.1 Å². The Morgan fingerprint density at radius 2 is 2.09 bits per heavy atom. The van der Waals surface area contributed by atoms with E-state index in [1.807, 2.05) is 17.5 Å².